The lowest BCUT2D eigenvalue weighted by molar-refractivity contribution is 0.457. The Morgan fingerprint density at radius 3 is 2.95 bits per heavy atom. The smallest absolute Gasteiger partial charge is 0.219 e. The van der Waals surface area contributed by atoms with Gasteiger partial charge in [-0.25, -0.2) is 4.98 Å². The number of pyridine rings is 2. The summed E-state index contributed by atoms with van der Waals surface area (Å²) in [6, 6.07) is 8.65. The van der Waals surface area contributed by atoms with Crippen LogP contribution in [0, 0.1) is 0 Å². The van der Waals surface area contributed by atoms with Gasteiger partial charge in [-0.05, 0) is 43.0 Å². The molecular weight excluding hydrogens is 262 g/mol. The fraction of sp³-hybridized carbons (Fsp3) is 0.412. The molecule has 1 N–H and O–H groups in total. The van der Waals surface area contributed by atoms with Crippen molar-refractivity contribution in [3.8, 4) is 11.6 Å². The van der Waals surface area contributed by atoms with E-state index in [4.69, 9.17) is 4.74 Å². The van der Waals surface area contributed by atoms with Gasteiger partial charge < -0.3 is 10.1 Å². The summed E-state index contributed by atoms with van der Waals surface area (Å²) in [5, 5.41) is 3.54. The Kier molecular flexibility index (Phi) is 4.46. The van der Waals surface area contributed by atoms with Gasteiger partial charge in [0.15, 0.2) is 0 Å². The van der Waals surface area contributed by atoms with Crippen molar-refractivity contribution in [3.05, 3.63) is 47.9 Å². The number of ether oxygens (including phenoxy) is 1. The lowest BCUT2D eigenvalue weighted by Gasteiger charge is -2.10. The molecule has 1 aliphatic carbocycles. The highest BCUT2D eigenvalue weighted by molar-refractivity contribution is 5.29. The Morgan fingerprint density at radius 2 is 2.24 bits per heavy atom. The highest BCUT2D eigenvalue weighted by Crippen LogP contribution is 2.23. The maximum absolute atomic E-state index is 5.83. The average molecular weight is 283 g/mol. The van der Waals surface area contributed by atoms with E-state index in [-0.39, 0.29) is 0 Å². The van der Waals surface area contributed by atoms with Crippen LogP contribution in [0.5, 0.6) is 11.6 Å². The third kappa shape index (κ3) is 4.26. The van der Waals surface area contributed by atoms with E-state index in [0.717, 1.165) is 30.8 Å². The van der Waals surface area contributed by atoms with Gasteiger partial charge in [-0.2, -0.15) is 0 Å². The summed E-state index contributed by atoms with van der Waals surface area (Å²) in [7, 11) is 0. The van der Waals surface area contributed by atoms with Gasteiger partial charge >= 0.3 is 0 Å². The largest absolute Gasteiger partial charge is 0.437 e. The molecule has 1 fully saturated rings. The lowest BCUT2D eigenvalue weighted by atomic mass is 10.1. The van der Waals surface area contributed by atoms with Gasteiger partial charge in [-0.1, -0.05) is 13.3 Å². The van der Waals surface area contributed by atoms with Gasteiger partial charge in [-0.3, -0.25) is 4.98 Å². The van der Waals surface area contributed by atoms with E-state index in [1.165, 1.54) is 18.4 Å². The molecule has 0 spiro atoms. The van der Waals surface area contributed by atoms with Gasteiger partial charge in [0.2, 0.25) is 5.88 Å². The van der Waals surface area contributed by atoms with E-state index in [1.807, 2.05) is 18.2 Å². The molecule has 0 aromatic carbocycles. The molecule has 2 aromatic rings. The van der Waals surface area contributed by atoms with Gasteiger partial charge in [0, 0.05) is 30.5 Å². The first-order valence-electron chi connectivity index (χ1n) is 7.64. The van der Waals surface area contributed by atoms with E-state index >= 15 is 0 Å². The summed E-state index contributed by atoms with van der Waals surface area (Å²) in [6.07, 6.45) is 8.09. The van der Waals surface area contributed by atoms with E-state index in [1.54, 1.807) is 12.4 Å². The summed E-state index contributed by atoms with van der Waals surface area (Å²) in [4.78, 5) is 8.65. The third-order valence-electron chi connectivity index (χ3n) is 3.45. The number of aryl methyl sites for hydroxylation is 1. The topological polar surface area (TPSA) is 47.0 Å². The Balaban J connectivity index is 1.76. The zero-order valence-electron chi connectivity index (χ0n) is 12.4. The van der Waals surface area contributed by atoms with Crippen LogP contribution >= 0.6 is 0 Å². The van der Waals surface area contributed by atoms with E-state index in [9.17, 15) is 0 Å². The molecule has 0 radical (unpaired) electrons. The minimum absolute atomic E-state index is 0.654. The fourth-order valence-corrected chi connectivity index (χ4v) is 2.24. The van der Waals surface area contributed by atoms with Gasteiger partial charge in [0.05, 0.1) is 6.20 Å². The molecule has 4 heteroatoms. The molecule has 3 rings (SSSR count). The predicted octanol–water partition coefficient (Wildman–Crippen LogP) is 3.47. The van der Waals surface area contributed by atoms with Crippen molar-refractivity contribution in [2.45, 2.75) is 45.2 Å². The Labute approximate surface area is 125 Å². The quantitative estimate of drug-likeness (QED) is 0.845. The van der Waals surface area contributed by atoms with Crippen molar-refractivity contribution in [2.24, 2.45) is 0 Å². The lowest BCUT2D eigenvalue weighted by Crippen LogP contribution is -2.15. The van der Waals surface area contributed by atoms with Crippen molar-refractivity contribution in [1.29, 1.82) is 0 Å². The minimum atomic E-state index is 0.654. The fourth-order valence-electron chi connectivity index (χ4n) is 2.24. The number of rotatable bonds is 7. The van der Waals surface area contributed by atoms with Crippen molar-refractivity contribution in [1.82, 2.24) is 15.3 Å². The molecule has 0 atom stereocenters. The van der Waals surface area contributed by atoms with E-state index in [2.05, 4.69) is 28.3 Å². The minimum Gasteiger partial charge on any atom is -0.437 e. The number of hydrogen-bond donors (Lipinski definition) is 1. The molecule has 0 unspecified atom stereocenters. The number of nitrogens with one attached hydrogen (secondary N) is 1. The maximum Gasteiger partial charge on any atom is 0.219 e. The van der Waals surface area contributed by atoms with Crippen molar-refractivity contribution in [3.63, 3.8) is 0 Å². The van der Waals surface area contributed by atoms with Gasteiger partial charge in [0.25, 0.3) is 0 Å². The van der Waals surface area contributed by atoms with Gasteiger partial charge in [0.1, 0.15) is 5.75 Å². The van der Waals surface area contributed by atoms with Crippen molar-refractivity contribution in [2.75, 3.05) is 0 Å². The second-order valence-electron chi connectivity index (χ2n) is 5.50. The summed E-state index contributed by atoms with van der Waals surface area (Å²) in [5.41, 5.74) is 2.32. The summed E-state index contributed by atoms with van der Waals surface area (Å²) < 4.78 is 5.83. The number of nitrogens with zero attached hydrogens (tertiary/aromatic N) is 2. The second kappa shape index (κ2) is 6.68. The summed E-state index contributed by atoms with van der Waals surface area (Å²) in [6.45, 7) is 3.05. The van der Waals surface area contributed by atoms with Crippen molar-refractivity contribution >= 4 is 0 Å². The normalized spacial score (nSPS) is 14.1. The number of aromatic nitrogens is 2. The van der Waals surface area contributed by atoms with Crippen LogP contribution in [0.1, 0.15) is 37.4 Å². The molecule has 21 heavy (non-hydrogen) atoms. The molecule has 0 saturated heterocycles. The zero-order valence-corrected chi connectivity index (χ0v) is 12.4. The van der Waals surface area contributed by atoms with Crippen LogP contribution in [0.25, 0.3) is 0 Å². The Morgan fingerprint density at radius 1 is 1.33 bits per heavy atom. The molecule has 1 saturated carbocycles. The summed E-state index contributed by atoms with van der Waals surface area (Å²) in [5.74, 6) is 1.38. The standard InChI is InChI=1S/C17H21N3O/c1-2-4-15-9-13(11-19-14-6-7-14)10-17(20-15)21-16-5-3-8-18-12-16/h3,5,8-10,12,14,19H,2,4,6-7,11H2,1H3. The van der Waals surface area contributed by atoms with Crippen LogP contribution in [-0.4, -0.2) is 16.0 Å². The predicted molar refractivity (Wildman–Crippen MR) is 82.4 cm³/mol. The second-order valence-corrected chi connectivity index (χ2v) is 5.50. The van der Waals surface area contributed by atoms with Crippen LogP contribution in [0.3, 0.4) is 0 Å². The Bertz CT molecular complexity index is 582. The molecule has 2 aromatic heterocycles. The van der Waals surface area contributed by atoms with Crippen LogP contribution < -0.4 is 10.1 Å². The first-order chi connectivity index (χ1) is 10.3. The SMILES string of the molecule is CCCc1cc(CNC2CC2)cc(Oc2cccnc2)n1. The third-order valence-corrected chi connectivity index (χ3v) is 3.45. The van der Waals surface area contributed by atoms with Crippen LogP contribution in [0.15, 0.2) is 36.7 Å². The molecule has 0 aliphatic heterocycles. The first-order valence-corrected chi connectivity index (χ1v) is 7.64. The molecule has 2 heterocycles. The molecular formula is C17H21N3O. The molecule has 110 valence electrons. The Hall–Kier alpha value is -1.94. The highest BCUT2D eigenvalue weighted by atomic mass is 16.5. The van der Waals surface area contributed by atoms with Crippen LogP contribution in [0.4, 0.5) is 0 Å². The van der Waals surface area contributed by atoms with Crippen LogP contribution in [-0.2, 0) is 13.0 Å². The zero-order chi connectivity index (χ0) is 14.5. The van der Waals surface area contributed by atoms with Gasteiger partial charge in [-0.15, -0.1) is 0 Å². The first kappa shape index (κ1) is 14.0. The average Bonchev–Trinajstić information content (AvgIpc) is 3.31. The molecule has 4 nitrogen and oxygen atoms in total. The molecule has 1 aliphatic rings. The monoisotopic (exact) mass is 283 g/mol. The molecule has 0 amide bonds. The van der Waals surface area contributed by atoms with Crippen LogP contribution in [0.2, 0.25) is 0 Å². The van der Waals surface area contributed by atoms with Crippen molar-refractivity contribution < 1.29 is 4.74 Å². The van der Waals surface area contributed by atoms with E-state index < -0.39 is 0 Å². The summed E-state index contributed by atoms with van der Waals surface area (Å²) >= 11 is 0. The highest BCUT2D eigenvalue weighted by Gasteiger charge is 2.20. The maximum atomic E-state index is 5.83. The number of hydrogen-bond acceptors (Lipinski definition) is 4. The molecule has 0 bridgehead atoms. The van der Waals surface area contributed by atoms with E-state index in [0.29, 0.717) is 11.9 Å².